The van der Waals surface area contributed by atoms with Gasteiger partial charge in [0.05, 0.1) is 20.6 Å². The number of likely N-dealkylation sites (N-methyl/N-ethyl adjacent to an activating group) is 1. The smallest absolute Gasteiger partial charge is 0.342 e. The number of ether oxygens (including phenoxy) is 1. The van der Waals surface area contributed by atoms with Gasteiger partial charge < -0.3 is 9.64 Å². The zero-order valence-electron chi connectivity index (χ0n) is 12.9. The van der Waals surface area contributed by atoms with E-state index in [2.05, 4.69) is 0 Å². The fraction of sp³-hybridized carbons (Fsp3) is 0.176. The number of hydrogen-bond acceptors (Lipinski definition) is 3. The van der Waals surface area contributed by atoms with Gasteiger partial charge in [0.25, 0.3) is 5.91 Å². The van der Waals surface area contributed by atoms with Crippen molar-refractivity contribution in [2.45, 2.75) is 13.0 Å². The Hall–Kier alpha value is -1.75. The topological polar surface area (TPSA) is 46.6 Å². The number of amides is 1. The van der Waals surface area contributed by atoms with Gasteiger partial charge in [0.15, 0.2) is 6.10 Å². The summed E-state index contributed by atoms with van der Waals surface area (Å²) in [7, 11) is 1.60. The lowest BCUT2D eigenvalue weighted by molar-refractivity contribution is -0.126. The van der Waals surface area contributed by atoms with Crippen molar-refractivity contribution in [3.05, 3.63) is 63.1 Å². The Morgan fingerprint density at radius 3 is 2.21 bits per heavy atom. The Labute approximate surface area is 154 Å². The van der Waals surface area contributed by atoms with Gasteiger partial charge in [-0.2, -0.15) is 0 Å². The normalized spacial score (nSPS) is 11.7. The maximum absolute atomic E-state index is 12.4. The highest BCUT2D eigenvalue weighted by molar-refractivity contribution is 6.46. The molecule has 126 valence electrons. The Kier molecular flexibility index (Phi) is 6.10. The van der Waals surface area contributed by atoms with Crippen LogP contribution >= 0.6 is 34.8 Å². The second-order valence-corrected chi connectivity index (χ2v) is 6.19. The minimum atomic E-state index is -1.02. The first-order valence-electron chi connectivity index (χ1n) is 7.00. The molecule has 0 radical (unpaired) electrons. The van der Waals surface area contributed by atoms with Crippen LogP contribution in [0.2, 0.25) is 15.1 Å². The van der Waals surface area contributed by atoms with Gasteiger partial charge in [0.1, 0.15) is 0 Å². The maximum atomic E-state index is 12.4. The molecule has 7 heteroatoms. The van der Waals surface area contributed by atoms with Gasteiger partial charge in [-0.3, -0.25) is 4.79 Å². The number of carbonyl (C=O) groups is 2. The summed E-state index contributed by atoms with van der Waals surface area (Å²) in [4.78, 5) is 26.1. The molecule has 0 spiro atoms. The molecule has 24 heavy (non-hydrogen) atoms. The first kappa shape index (κ1) is 18.6. The summed E-state index contributed by atoms with van der Waals surface area (Å²) in [5, 5.41) is 0.268. The highest BCUT2D eigenvalue weighted by atomic mass is 35.5. The minimum Gasteiger partial charge on any atom is -0.449 e. The molecule has 0 aromatic heterocycles. The summed E-state index contributed by atoms with van der Waals surface area (Å²) in [5.41, 5.74) is 0.622. The van der Waals surface area contributed by atoms with E-state index >= 15 is 0 Å². The van der Waals surface area contributed by atoms with Crippen LogP contribution in [0.5, 0.6) is 0 Å². The molecule has 0 aliphatic carbocycles. The summed E-state index contributed by atoms with van der Waals surface area (Å²) in [6.07, 6.45) is -1.02. The van der Waals surface area contributed by atoms with Gasteiger partial charge in [-0.1, -0.05) is 53.0 Å². The zero-order valence-corrected chi connectivity index (χ0v) is 15.2. The molecule has 0 aliphatic heterocycles. The first-order chi connectivity index (χ1) is 11.3. The quantitative estimate of drug-likeness (QED) is 0.557. The summed E-state index contributed by atoms with van der Waals surface area (Å²) in [5.74, 6) is -1.20. The van der Waals surface area contributed by atoms with E-state index in [-0.39, 0.29) is 26.5 Å². The number of esters is 1. The van der Waals surface area contributed by atoms with Crippen LogP contribution < -0.4 is 4.90 Å². The summed E-state index contributed by atoms with van der Waals surface area (Å²) >= 11 is 17.9. The largest absolute Gasteiger partial charge is 0.449 e. The fourth-order valence-corrected chi connectivity index (χ4v) is 2.72. The second kappa shape index (κ2) is 7.88. The van der Waals surface area contributed by atoms with Crippen LogP contribution in [-0.4, -0.2) is 25.0 Å². The molecular weight excluding hydrogens is 373 g/mol. The van der Waals surface area contributed by atoms with Crippen molar-refractivity contribution in [2.75, 3.05) is 11.9 Å². The average Bonchev–Trinajstić information content (AvgIpc) is 2.58. The van der Waals surface area contributed by atoms with Crippen LogP contribution in [0.1, 0.15) is 17.3 Å². The molecule has 0 aliphatic rings. The molecule has 0 saturated carbocycles. The molecule has 0 N–H and O–H groups in total. The monoisotopic (exact) mass is 385 g/mol. The predicted octanol–water partition coefficient (Wildman–Crippen LogP) is 4.86. The molecule has 2 rings (SSSR count). The molecule has 0 fully saturated rings. The number of rotatable bonds is 4. The van der Waals surface area contributed by atoms with Crippen molar-refractivity contribution < 1.29 is 14.3 Å². The summed E-state index contributed by atoms with van der Waals surface area (Å²) < 4.78 is 5.20. The minimum absolute atomic E-state index is 0.00905. The third-order valence-corrected chi connectivity index (χ3v) is 4.47. The van der Waals surface area contributed by atoms with E-state index in [4.69, 9.17) is 39.5 Å². The van der Waals surface area contributed by atoms with Gasteiger partial charge in [-0.25, -0.2) is 4.79 Å². The Bertz CT molecular complexity index is 765. The molecule has 0 bridgehead atoms. The third kappa shape index (κ3) is 4.01. The highest BCUT2D eigenvalue weighted by Gasteiger charge is 2.26. The lowest BCUT2D eigenvalue weighted by Gasteiger charge is -2.22. The maximum Gasteiger partial charge on any atom is 0.342 e. The van der Waals surface area contributed by atoms with Crippen molar-refractivity contribution in [1.82, 2.24) is 0 Å². The number of anilines is 1. The van der Waals surface area contributed by atoms with E-state index in [0.717, 1.165) is 0 Å². The van der Waals surface area contributed by atoms with Gasteiger partial charge in [-0.15, -0.1) is 0 Å². The first-order valence-corrected chi connectivity index (χ1v) is 8.13. The van der Waals surface area contributed by atoms with Crippen molar-refractivity contribution in [3.63, 3.8) is 0 Å². The Balaban J connectivity index is 2.15. The van der Waals surface area contributed by atoms with E-state index in [0.29, 0.717) is 5.69 Å². The molecule has 4 nitrogen and oxygen atoms in total. The van der Waals surface area contributed by atoms with E-state index in [1.165, 1.54) is 24.0 Å². The molecule has 2 aromatic rings. The zero-order chi connectivity index (χ0) is 17.9. The standard InChI is InChI=1S/C17H14Cl3NO3/c1-10(16(22)21(2)11-6-4-3-5-7-11)24-17(23)14-12(18)8-9-13(19)15(14)20/h3-10H,1-2H3/t10-/m1/s1. The van der Waals surface area contributed by atoms with E-state index in [9.17, 15) is 9.59 Å². The van der Waals surface area contributed by atoms with Crippen molar-refractivity contribution >= 4 is 52.4 Å². The van der Waals surface area contributed by atoms with Gasteiger partial charge in [-0.05, 0) is 31.2 Å². The molecule has 1 atom stereocenters. The van der Waals surface area contributed by atoms with Gasteiger partial charge >= 0.3 is 5.97 Å². The van der Waals surface area contributed by atoms with Crippen LogP contribution in [0.4, 0.5) is 5.69 Å². The second-order valence-electron chi connectivity index (χ2n) is 5.00. The Morgan fingerprint density at radius 2 is 1.58 bits per heavy atom. The third-order valence-electron chi connectivity index (χ3n) is 3.35. The number of nitrogens with zero attached hydrogens (tertiary/aromatic N) is 1. The molecule has 2 aromatic carbocycles. The van der Waals surface area contributed by atoms with Gasteiger partial charge in [0, 0.05) is 12.7 Å². The average molecular weight is 387 g/mol. The van der Waals surface area contributed by atoms with Gasteiger partial charge in [0.2, 0.25) is 0 Å². The summed E-state index contributed by atoms with van der Waals surface area (Å²) in [6.45, 7) is 1.48. The molecule has 1 amide bonds. The van der Waals surface area contributed by atoms with E-state index in [1.807, 2.05) is 6.07 Å². The number of halogens is 3. The molecule has 0 saturated heterocycles. The predicted molar refractivity (Wildman–Crippen MR) is 96.2 cm³/mol. The van der Waals surface area contributed by atoms with Crippen LogP contribution in [0.15, 0.2) is 42.5 Å². The molecular formula is C17H14Cl3NO3. The lowest BCUT2D eigenvalue weighted by Crippen LogP contribution is -2.37. The Morgan fingerprint density at radius 1 is 1.00 bits per heavy atom. The van der Waals surface area contributed by atoms with Crippen molar-refractivity contribution in [1.29, 1.82) is 0 Å². The number of para-hydroxylation sites is 1. The van der Waals surface area contributed by atoms with Crippen molar-refractivity contribution in [3.8, 4) is 0 Å². The molecule has 0 unspecified atom stereocenters. The van der Waals surface area contributed by atoms with Crippen LogP contribution in [-0.2, 0) is 9.53 Å². The fourth-order valence-electron chi connectivity index (χ4n) is 2.04. The summed E-state index contributed by atoms with van der Waals surface area (Å²) in [6, 6.07) is 11.9. The highest BCUT2D eigenvalue weighted by Crippen LogP contribution is 2.32. The SMILES string of the molecule is C[C@@H](OC(=O)c1c(Cl)ccc(Cl)c1Cl)C(=O)N(C)c1ccccc1. The number of carbonyl (C=O) groups excluding carboxylic acids is 2. The number of benzene rings is 2. The van der Waals surface area contributed by atoms with Crippen LogP contribution in [0.3, 0.4) is 0 Å². The van der Waals surface area contributed by atoms with Crippen LogP contribution in [0, 0.1) is 0 Å². The van der Waals surface area contributed by atoms with Crippen molar-refractivity contribution in [2.24, 2.45) is 0 Å². The van der Waals surface area contributed by atoms with E-state index < -0.39 is 12.1 Å². The number of hydrogen-bond donors (Lipinski definition) is 0. The lowest BCUT2D eigenvalue weighted by atomic mass is 10.2. The van der Waals surface area contributed by atoms with Crippen LogP contribution in [0.25, 0.3) is 0 Å². The molecule has 0 heterocycles. The van der Waals surface area contributed by atoms with E-state index in [1.54, 1.807) is 31.3 Å².